The van der Waals surface area contributed by atoms with Gasteiger partial charge in [-0.3, -0.25) is 4.79 Å². The van der Waals surface area contributed by atoms with Crippen LogP contribution in [0.5, 0.6) is 5.75 Å². The summed E-state index contributed by atoms with van der Waals surface area (Å²) in [5.74, 6) is 0.172. The van der Waals surface area contributed by atoms with Gasteiger partial charge in [0.15, 0.2) is 0 Å². The number of phenolic OH excluding ortho intramolecular Hbond substituents is 1. The van der Waals surface area contributed by atoms with Gasteiger partial charge < -0.3 is 15.7 Å². The van der Waals surface area contributed by atoms with Gasteiger partial charge in [-0.15, -0.1) is 11.3 Å². The van der Waals surface area contributed by atoms with E-state index >= 15 is 0 Å². The molecule has 0 radical (unpaired) electrons. The Bertz CT molecular complexity index is 566. The molecule has 0 aliphatic rings. The number of amides is 1. The van der Waals surface area contributed by atoms with Crippen molar-refractivity contribution in [2.45, 2.75) is 25.9 Å². The highest BCUT2D eigenvalue weighted by atomic mass is 32.1. The van der Waals surface area contributed by atoms with Crippen molar-refractivity contribution in [1.29, 1.82) is 0 Å². The zero-order chi connectivity index (χ0) is 15.2. The van der Waals surface area contributed by atoms with E-state index in [1.54, 1.807) is 40.5 Å². The normalized spacial score (nSPS) is 12.1. The van der Waals surface area contributed by atoms with E-state index in [0.29, 0.717) is 19.5 Å². The summed E-state index contributed by atoms with van der Waals surface area (Å²) in [6, 6.07) is 10.2. The number of nitrogens with two attached hydrogens (primary N) is 1. The first-order chi connectivity index (χ1) is 10.1. The quantitative estimate of drug-likeness (QED) is 0.861. The van der Waals surface area contributed by atoms with Crippen LogP contribution in [0.15, 0.2) is 41.8 Å². The molecule has 21 heavy (non-hydrogen) atoms. The summed E-state index contributed by atoms with van der Waals surface area (Å²) in [7, 11) is 0. The fourth-order valence-corrected chi connectivity index (χ4v) is 2.86. The maximum atomic E-state index is 12.4. The van der Waals surface area contributed by atoms with Gasteiger partial charge in [0.1, 0.15) is 5.75 Å². The highest BCUT2D eigenvalue weighted by Gasteiger charge is 2.20. The average Bonchev–Trinajstić information content (AvgIpc) is 2.99. The number of carbonyl (C=O) groups excluding carboxylic acids is 1. The minimum Gasteiger partial charge on any atom is -0.508 e. The maximum absolute atomic E-state index is 12.4. The monoisotopic (exact) mass is 304 g/mol. The molecule has 0 spiro atoms. The standard InChI is InChI=1S/C16H20N2O2S/c1-2-18(11-14-4-3-9-21-14)16(20)15(17)10-12-5-7-13(19)8-6-12/h3-9,15,19H,2,10-11,17H2,1H3/t15-/m0/s1. The van der Waals surface area contributed by atoms with E-state index in [1.165, 1.54) is 0 Å². The number of nitrogens with zero attached hydrogens (tertiary/aromatic N) is 1. The summed E-state index contributed by atoms with van der Waals surface area (Å²) in [5, 5.41) is 11.3. The third-order valence-corrected chi connectivity index (χ3v) is 4.19. The molecule has 0 saturated carbocycles. The average molecular weight is 304 g/mol. The van der Waals surface area contributed by atoms with E-state index in [0.717, 1.165) is 10.4 Å². The molecule has 0 bridgehead atoms. The fourth-order valence-electron chi connectivity index (χ4n) is 2.14. The van der Waals surface area contributed by atoms with Crippen molar-refractivity contribution in [3.8, 4) is 5.75 Å². The Hall–Kier alpha value is -1.85. The van der Waals surface area contributed by atoms with Crippen LogP contribution >= 0.6 is 11.3 Å². The van der Waals surface area contributed by atoms with Crippen LogP contribution in [-0.4, -0.2) is 28.5 Å². The summed E-state index contributed by atoms with van der Waals surface area (Å²) >= 11 is 1.64. The van der Waals surface area contributed by atoms with Crippen LogP contribution in [0, 0.1) is 0 Å². The van der Waals surface area contributed by atoms with E-state index in [-0.39, 0.29) is 11.7 Å². The van der Waals surface area contributed by atoms with Crippen LogP contribution in [0.1, 0.15) is 17.4 Å². The van der Waals surface area contributed by atoms with Gasteiger partial charge in [0.25, 0.3) is 0 Å². The number of carbonyl (C=O) groups is 1. The zero-order valence-corrected chi connectivity index (χ0v) is 12.8. The third kappa shape index (κ3) is 4.31. The topological polar surface area (TPSA) is 66.6 Å². The Morgan fingerprint density at radius 1 is 1.33 bits per heavy atom. The van der Waals surface area contributed by atoms with Gasteiger partial charge in [-0.2, -0.15) is 0 Å². The lowest BCUT2D eigenvalue weighted by atomic mass is 10.1. The van der Waals surface area contributed by atoms with E-state index < -0.39 is 6.04 Å². The molecular formula is C16H20N2O2S. The van der Waals surface area contributed by atoms with Gasteiger partial charge in [-0.25, -0.2) is 0 Å². The van der Waals surface area contributed by atoms with E-state index in [2.05, 4.69) is 0 Å². The molecule has 1 aromatic heterocycles. The molecule has 2 aromatic rings. The summed E-state index contributed by atoms with van der Waals surface area (Å²) < 4.78 is 0. The highest BCUT2D eigenvalue weighted by molar-refractivity contribution is 7.09. The van der Waals surface area contributed by atoms with Crippen LogP contribution < -0.4 is 5.73 Å². The largest absolute Gasteiger partial charge is 0.508 e. The first-order valence-electron chi connectivity index (χ1n) is 6.94. The molecule has 2 rings (SSSR count). The van der Waals surface area contributed by atoms with E-state index in [1.807, 2.05) is 24.4 Å². The second-order valence-electron chi connectivity index (χ2n) is 4.91. The van der Waals surface area contributed by atoms with Crippen LogP contribution in [0.4, 0.5) is 0 Å². The summed E-state index contributed by atoms with van der Waals surface area (Å²) in [6.07, 6.45) is 0.472. The molecule has 0 saturated heterocycles. The van der Waals surface area contributed by atoms with Crippen molar-refractivity contribution < 1.29 is 9.90 Å². The number of rotatable bonds is 6. The number of hydrogen-bond donors (Lipinski definition) is 2. The first kappa shape index (κ1) is 15.5. The summed E-state index contributed by atoms with van der Waals surface area (Å²) in [5.41, 5.74) is 6.99. The molecule has 0 aliphatic heterocycles. The molecular weight excluding hydrogens is 284 g/mol. The fraction of sp³-hybridized carbons (Fsp3) is 0.312. The molecule has 3 N–H and O–H groups in total. The lowest BCUT2D eigenvalue weighted by Crippen LogP contribution is -2.44. The molecule has 112 valence electrons. The van der Waals surface area contributed by atoms with Gasteiger partial charge in [0, 0.05) is 11.4 Å². The Kier molecular flexibility index (Phi) is 5.36. The Balaban J connectivity index is 1.97. The van der Waals surface area contributed by atoms with E-state index in [4.69, 9.17) is 5.73 Å². The SMILES string of the molecule is CCN(Cc1cccs1)C(=O)[C@@H](N)Cc1ccc(O)cc1. The molecule has 1 heterocycles. The van der Waals surface area contributed by atoms with Gasteiger partial charge in [0.2, 0.25) is 5.91 Å². The van der Waals surface area contributed by atoms with Crippen molar-refractivity contribution >= 4 is 17.2 Å². The van der Waals surface area contributed by atoms with Crippen LogP contribution in [0.25, 0.3) is 0 Å². The van der Waals surface area contributed by atoms with Crippen molar-refractivity contribution in [2.75, 3.05) is 6.54 Å². The zero-order valence-electron chi connectivity index (χ0n) is 12.0. The summed E-state index contributed by atoms with van der Waals surface area (Å²) in [6.45, 7) is 3.20. The molecule has 1 atom stereocenters. The van der Waals surface area contributed by atoms with Crippen molar-refractivity contribution in [3.05, 3.63) is 52.2 Å². The predicted octanol–water partition coefficient (Wildman–Crippen LogP) is 2.37. The number of benzene rings is 1. The van der Waals surface area contributed by atoms with Crippen LogP contribution in [0.3, 0.4) is 0 Å². The number of thiophene rings is 1. The second kappa shape index (κ2) is 7.24. The van der Waals surface area contributed by atoms with Crippen LogP contribution in [-0.2, 0) is 17.8 Å². The first-order valence-corrected chi connectivity index (χ1v) is 7.82. The molecule has 0 unspecified atom stereocenters. The molecule has 1 aromatic carbocycles. The third-order valence-electron chi connectivity index (χ3n) is 3.33. The number of likely N-dealkylation sites (N-methyl/N-ethyl adjacent to an activating group) is 1. The molecule has 4 nitrogen and oxygen atoms in total. The minimum atomic E-state index is -0.561. The highest BCUT2D eigenvalue weighted by Crippen LogP contribution is 2.14. The molecule has 1 amide bonds. The molecule has 0 fully saturated rings. The maximum Gasteiger partial charge on any atom is 0.240 e. The lowest BCUT2D eigenvalue weighted by Gasteiger charge is -2.24. The number of phenols is 1. The smallest absolute Gasteiger partial charge is 0.240 e. The predicted molar refractivity (Wildman–Crippen MR) is 85.2 cm³/mol. The Morgan fingerprint density at radius 2 is 2.05 bits per heavy atom. The molecule has 5 heteroatoms. The Labute approximate surface area is 128 Å². The lowest BCUT2D eigenvalue weighted by molar-refractivity contribution is -0.132. The van der Waals surface area contributed by atoms with Crippen molar-refractivity contribution in [3.63, 3.8) is 0 Å². The molecule has 0 aliphatic carbocycles. The van der Waals surface area contributed by atoms with Gasteiger partial charge in [0.05, 0.1) is 12.6 Å². The number of aromatic hydroxyl groups is 1. The van der Waals surface area contributed by atoms with Crippen LogP contribution in [0.2, 0.25) is 0 Å². The van der Waals surface area contributed by atoms with Crippen molar-refractivity contribution in [1.82, 2.24) is 4.90 Å². The van der Waals surface area contributed by atoms with Gasteiger partial charge in [-0.05, 0) is 42.5 Å². The van der Waals surface area contributed by atoms with Gasteiger partial charge in [-0.1, -0.05) is 18.2 Å². The summed E-state index contributed by atoms with van der Waals surface area (Å²) in [4.78, 5) is 15.4. The minimum absolute atomic E-state index is 0.0426. The van der Waals surface area contributed by atoms with Crippen molar-refractivity contribution in [2.24, 2.45) is 5.73 Å². The van der Waals surface area contributed by atoms with E-state index in [9.17, 15) is 9.90 Å². The number of hydrogen-bond acceptors (Lipinski definition) is 4. The Morgan fingerprint density at radius 3 is 2.62 bits per heavy atom. The second-order valence-corrected chi connectivity index (χ2v) is 5.94. The van der Waals surface area contributed by atoms with Gasteiger partial charge >= 0.3 is 0 Å².